The predicted octanol–water partition coefficient (Wildman–Crippen LogP) is 9.03. The van der Waals surface area contributed by atoms with Crippen LogP contribution in [0.25, 0.3) is 32.0 Å². The number of nitrogens with one attached hydrogen (secondary N) is 1. The van der Waals surface area contributed by atoms with Gasteiger partial charge in [0.25, 0.3) is 0 Å². The third-order valence-electron chi connectivity index (χ3n) is 9.95. The molecular weight excluding hydrogens is 711 g/mol. The first-order valence-electron chi connectivity index (χ1n) is 18.7. The normalized spacial score (nSPS) is 15.9. The van der Waals surface area contributed by atoms with Crippen LogP contribution in [0.2, 0.25) is 0 Å². The number of hydrogen-bond acceptors (Lipinski definition) is 7. The molecule has 10 heteroatoms. The van der Waals surface area contributed by atoms with Gasteiger partial charge in [0.05, 0.1) is 28.8 Å². The number of thiazole rings is 2. The van der Waals surface area contributed by atoms with Crippen LogP contribution in [0.3, 0.4) is 0 Å². The van der Waals surface area contributed by atoms with Gasteiger partial charge >= 0.3 is 0 Å². The van der Waals surface area contributed by atoms with E-state index in [1.807, 2.05) is 64.7 Å². The van der Waals surface area contributed by atoms with E-state index in [0.29, 0.717) is 26.1 Å². The van der Waals surface area contributed by atoms with Crippen LogP contribution in [0, 0.1) is 0 Å². The van der Waals surface area contributed by atoms with Gasteiger partial charge in [0, 0.05) is 32.4 Å². The van der Waals surface area contributed by atoms with E-state index in [4.69, 9.17) is 4.98 Å². The van der Waals surface area contributed by atoms with E-state index < -0.39 is 6.04 Å². The van der Waals surface area contributed by atoms with Crippen LogP contribution in [0.15, 0.2) is 115 Å². The van der Waals surface area contributed by atoms with Gasteiger partial charge in [0.1, 0.15) is 16.1 Å². The maximum absolute atomic E-state index is 13.9. The van der Waals surface area contributed by atoms with Crippen molar-refractivity contribution in [3.8, 4) is 32.0 Å². The number of rotatable bonds is 13. The molecule has 0 unspecified atom stereocenters. The Hall–Kier alpha value is -5.19. The standard InChI is InChI=1S/C44H45N5O3S2/c1-3-24-48(41(51)26-31-11-6-4-7-12-31)29-40-45-27-38(53-40)34-20-16-32(17-21-34)33-18-22-35(23-19-33)39-28-46-43(54-39)37-15-10-25-49(37)44(52)42(47-30(2)50)36-13-8-5-9-14-36/h4-8,11-13,16-23,27-28,37,42H,3,9-10,14-15,24-26,29H2,1-2H3,(H,47,50)/t37-,42+/m0/s1. The maximum Gasteiger partial charge on any atom is 0.250 e. The zero-order valence-corrected chi connectivity index (χ0v) is 32.4. The number of amides is 3. The second-order valence-electron chi connectivity index (χ2n) is 13.8. The van der Waals surface area contributed by atoms with Crippen LogP contribution >= 0.6 is 22.7 Å². The van der Waals surface area contributed by atoms with Crippen LogP contribution in [-0.2, 0) is 27.3 Å². The second kappa shape index (κ2) is 17.3. The smallest absolute Gasteiger partial charge is 0.250 e. The van der Waals surface area contributed by atoms with Crippen LogP contribution in [0.1, 0.15) is 67.6 Å². The molecule has 2 aromatic heterocycles. The number of carbonyl (C=O) groups excluding carboxylic acids is 3. The van der Waals surface area contributed by atoms with Gasteiger partial charge in [0.2, 0.25) is 17.7 Å². The van der Waals surface area contributed by atoms with E-state index in [0.717, 1.165) is 85.3 Å². The van der Waals surface area contributed by atoms with E-state index in [1.165, 1.54) is 6.92 Å². The van der Waals surface area contributed by atoms with Gasteiger partial charge < -0.3 is 15.1 Å². The quantitative estimate of drug-likeness (QED) is 0.129. The summed E-state index contributed by atoms with van der Waals surface area (Å²) in [7, 11) is 0. The molecule has 5 aromatic rings. The molecular formula is C44H45N5O3S2. The van der Waals surface area contributed by atoms with Crippen molar-refractivity contribution in [2.24, 2.45) is 0 Å². The highest BCUT2D eigenvalue weighted by molar-refractivity contribution is 7.15. The Labute approximate surface area is 325 Å². The molecule has 3 heterocycles. The second-order valence-corrected chi connectivity index (χ2v) is 16.0. The molecule has 2 aliphatic rings. The van der Waals surface area contributed by atoms with Gasteiger partial charge in [-0.05, 0) is 65.5 Å². The summed E-state index contributed by atoms with van der Waals surface area (Å²) in [5, 5.41) is 4.78. The molecule has 276 valence electrons. The molecule has 1 fully saturated rings. The molecule has 0 spiro atoms. The van der Waals surface area contributed by atoms with Gasteiger partial charge in [-0.15, -0.1) is 22.7 Å². The molecule has 7 rings (SSSR count). The number of benzene rings is 3. The Balaban J connectivity index is 0.989. The molecule has 0 saturated carbocycles. The highest BCUT2D eigenvalue weighted by atomic mass is 32.1. The minimum absolute atomic E-state index is 0.0539. The summed E-state index contributed by atoms with van der Waals surface area (Å²) in [6.07, 6.45) is 14.5. The van der Waals surface area contributed by atoms with Crippen molar-refractivity contribution in [1.29, 1.82) is 0 Å². The summed E-state index contributed by atoms with van der Waals surface area (Å²) in [5.74, 6) is -0.136. The molecule has 3 aromatic carbocycles. The molecule has 0 bridgehead atoms. The summed E-state index contributed by atoms with van der Waals surface area (Å²) < 4.78 is 0. The van der Waals surface area contributed by atoms with E-state index in [1.54, 1.807) is 22.7 Å². The fourth-order valence-electron chi connectivity index (χ4n) is 7.18. The van der Waals surface area contributed by atoms with Crippen molar-refractivity contribution in [3.63, 3.8) is 0 Å². The highest BCUT2D eigenvalue weighted by Gasteiger charge is 2.37. The van der Waals surface area contributed by atoms with Gasteiger partial charge in [-0.2, -0.15) is 0 Å². The Morgan fingerprint density at radius 1 is 0.889 bits per heavy atom. The topological polar surface area (TPSA) is 95.5 Å². The zero-order valence-electron chi connectivity index (χ0n) is 30.7. The van der Waals surface area contributed by atoms with Gasteiger partial charge in [-0.25, -0.2) is 9.97 Å². The first-order valence-corrected chi connectivity index (χ1v) is 20.4. The van der Waals surface area contributed by atoms with Crippen molar-refractivity contribution in [2.45, 2.75) is 71.0 Å². The molecule has 0 radical (unpaired) electrons. The van der Waals surface area contributed by atoms with E-state index in [-0.39, 0.29) is 23.8 Å². The number of carbonyl (C=O) groups is 3. The fourth-order valence-corrected chi connectivity index (χ4v) is 9.19. The lowest BCUT2D eigenvalue weighted by atomic mass is 9.96. The SMILES string of the molecule is CCCN(Cc1ncc(-c2ccc(-c3ccc(-c4cnc([C@@H]5CCCN5C(=O)[C@H](NC(C)=O)C5=CC=CCC5)s4)cc3)cc2)s1)C(=O)Cc1ccccc1. The number of hydrogen-bond donors (Lipinski definition) is 1. The highest BCUT2D eigenvalue weighted by Crippen LogP contribution is 2.39. The Morgan fingerprint density at radius 2 is 1.56 bits per heavy atom. The average molecular weight is 756 g/mol. The Bertz CT molecular complexity index is 2140. The van der Waals surface area contributed by atoms with Gasteiger partial charge in [-0.1, -0.05) is 104 Å². The minimum atomic E-state index is -0.641. The van der Waals surface area contributed by atoms with Crippen molar-refractivity contribution in [2.75, 3.05) is 13.1 Å². The monoisotopic (exact) mass is 755 g/mol. The number of allylic oxidation sites excluding steroid dienone is 3. The molecule has 1 N–H and O–H groups in total. The van der Waals surface area contributed by atoms with E-state index in [2.05, 4.69) is 71.8 Å². The molecule has 1 saturated heterocycles. The summed E-state index contributed by atoms with van der Waals surface area (Å²) in [5.41, 5.74) is 6.41. The summed E-state index contributed by atoms with van der Waals surface area (Å²) in [6, 6.07) is 26.2. The van der Waals surface area contributed by atoms with Crippen molar-refractivity contribution in [3.05, 3.63) is 131 Å². The van der Waals surface area contributed by atoms with E-state index >= 15 is 0 Å². The predicted molar refractivity (Wildman–Crippen MR) is 218 cm³/mol. The molecule has 3 amide bonds. The summed E-state index contributed by atoms with van der Waals surface area (Å²) in [6.45, 7) is 5.44. The van der Waals surface area contributed by atoms with Gasteiger partial charge in [0.15, 0.2) is 0 Å². The van der Waals surface area contributed by atoms with Crippen LogP contribution in [0.5, 0.6) is 0 Å². The summed E-state index contributed by atoms with van der Waals surface area (Å²) in [4.78, 5) is 54.5. The lowest BCUT2D eigenvalue weighted by molar-refractivity contribution is -0.136. The number of aromatic nitrogens is 2. The lowest BCUT2D eigenvalue weighted by Gasteiger charge is -2.30. The van der Waals surface area contributed by atoms with Gasteiger partial charge in [-0.3, -0.25) is 14.4 Å². The van der Waals surface area contributed by atoms with Crippen molar-refractivity contribution in [1.82, 2.24) is 25.1 Å². The van der Waals surface area contributed by atoms with Crippen LogP contribution in [-0.4, -0.2) is 56.6 Å². The molecule has 2 atom stereocenters. The first-order chi connectivity index (χ1) is 26.4. The number of likely N-dealkylation sites (tertiary alicyclic amines) is 1. The average Bonchev–Trinajstić information content (AvgIpc) is 3.99. The Morgan fingerprint density at radius 3 is 2.20 bits per heavy atom. The zero-order chi connectivity index (χ0) is 37.4. The maximum atomic E-state index is 13.9. The van der Waals surface area contributed by atoms with Crippen molar-refractivity contribution < 1.29 is 14.4 Å². The fraction of sp³-hybridized carbons (Fsp3) is 0.295. The largest absolute Gasteiger partial charge is 0.341 e. The molecule has 54 heavy (non-hydrogen) atoms. The van der Waals surface area contributed by atoms with Crippen LogP contribution in [0.4, 0.5) is 0 Å². The van der Waals surface area contributed by atoms with E-state index in [9.17, 15) is 14.4 Å². The van der Waals surface area contributed by atoms with Crippen molar-refractivity contribution >= 4 is 40.4 Å². The molecule has 1 aliphatic carbocycles. The minimum Gasteiger partial charge on any atom is -0.341 e. The lowest BCUT2D eigenvalue weighted by Crippen LogP contribution is -2.49. The summed E-state index contributed by atoms with van der Waals surface area (Å²) >= 11 is 3.27. The molecule has 1 aliphatic heterocycles. The molecule has 8 nitrogen and oxygen atoms in total. The van der Waals surface area contributed by atoms with Crippen LogP contribution < -0.4 is 5.32 Å². The third-order valence-corrected chi connectivity index (χ3v) is 12.1. The number of nitrogens with zero attached hydrogens (tertiary/aromatic N) is 4. The third kappa shape index (κ3) is 8.77. The Kier molecular flexibility index (Phi) is 11.9. The first kappa shape index (κ1) is 37.1.